The summed E-state index contributed by atoms with van der Waals surface area (Å²) in [7, 11) is 0. The Morgan fingerprint density at radius 3 is 2.88 bits per heavy atom. The smallest absolute Gasteiger partial charge is 0.308 e. The van der Waals surface area contributed by atoms with Crippen molar-refractivity contribution in [3.05, 3.63) is 6.33 Å². The zero-order valence-electron chi connectivity index (χ0n) is 8.48. The number of nitrogens with zero attached hydrogens (tertiary/aromatic N) is 5. The Morgan fingerprint density at radius 1 is 1.50 bits per heavy atom. The van der Waals surface area contributed by atoms with Gasteiger partial charge in [0.25, 0.3) is 0 Å². The lowest BCUT2D eigenvalue weighted by molar-refractivity contribution is -0.141. The standard InChI is InChI=1S/C8H11N5O3/c14-7(4-13-5-9-10-11-13)12-2-1-6(3-12)8(15)16/h5-6H,1-4H2,(H,15,16). The molecule has 0 saturated carbocycles. The Kier molecular flexibility index (Phi) is 2.80. The fourth-order valence-electron chi connectivity index (χ4n) is 1.68. The summed E-state index contributed by atoms with van der Waals surface area (Å²) in [5.41, 5.74) is 0. The molecule has 1 aromatic heterocycles. The first-order chi connectivity index (χ1) is 7.66. The first-order valence-electron chi connectivity index (χ1n) is 4.88. The van der Waals surface area contributed by atoms with E-state index in [1.165, 1.54) is 15.9 Å². The van der Waals surface area contributed by atoms with Gasteiger partial charge in [0.2, 0.25) is 5.91 Å². The number of hydrogen-bond acceptors (Lipinski definition) is 5. The molecule has 1 fully saturated rings. The lowest BCUT2D eigenvalue weighted by Gasteiger charge is -2.14. The minimum atomic E-state index is -0.849. The van der Waals surface area contributed by atoms with Crippen LogP contribution in [0.25, 0.3) is 0 Å². The molecule has 1 atom stereocenters. The van der Waals surface area contributed by atoms with Crippen molar-refractivity contribution >= 4 is 11.9 Å². The van der Waals surface area contributed by atoms with Crippen LogP contribution < -0.4 is 0 Å². The fourth-order valence-corrected chi connectivity index (χ4v) is 1.68. The van der Waals surface area contributed by atoms with Crippen molar-refractivity contribution in [2.24, 2.45) is 5.92 Å². The molecule has 8 heteroatoms. The number of rotatable bonds is 3. The van der Waals surface area contributed by atoms with Gasteiger partial charge < -0.3 is 10.0 Å². The Labute approximate surface area is 90.8 Å². The molecular weight excluding hydrogens is 214 g/mol. The van der Waals surface area contributed by atoms with Crippen LogP contribution in [-0.2, 0) is 16.1 Å². The van der Waals surface area contributed by atoms with E-state index in [0.29, 0.717) is 13.0 Å². The van der Waals surface area contributed by atoms with E-state index in [1.807, 2.05) is 0 Å². The normalized spacial score (nSPS) is 20.0. The number of carbonyl (C=O) groups excluding carboxylic acids is 1. The largest absolute Gasteiger partial charge is 0.481 e. The Bertz CT molecular complexity index is 390. The van der Waals surface area contributed by atoms with Crippen molar-refractivity contribution in [1.82, 2.24) is 25.1 Å². The zero-order valence-corrected chi connectivity index (χ0v) is 8.48. The number of likely N-dealkylation sites (tertiary alicyclic amines) is 1. The average Bonchev–Trinajstić information content (AvgIpc) is 2.86. The molecule has 1 N–H and O–H groups in total. The van der Waals surface area contributed by atoms with Gasteiger partial charge in [0.15, 0.2) is 0 Å². The summed E-state index contributed by atoms with van der Waals surface area (Å²) in [6.07, 6.45) is 1.86. The van der Waals surface area contributed by atoms with E-state index in [-0.39, 0.29) is 19.0 Å². The summed E-state index contributed by atoms with van der Waals surface area (Å²) in [6, 6.07) is 0. The molecule has 0 spiro atoms. The third-order valence-corrected chi connectivity index (χ3v) is 2.58. The third-order valence-electron chi connectivity index (χ3n) is 2.58. The van der Waals surface area contributed by atoms with E-state index in [1.54, 1.807) is 0 Å². The Morgan fingerprint density at radius 2 is 2.31 bits per heavy atom. The van der Waals surface area contributed by atoms with Crippen LogP contribution in [0.3, 0.4) is 0 Å². The highest BCUT2D eigenvalue weighted by Gasteiger charge is 2.30. The summed E-state index contributed by atoms with van der Waals surface area (Å²) in [4.78, 5) is 23.9. The van der Waals surface area contributed by atoms with Gasteiger partial charge in [-0.05, 0) is 16.8 Å². The van der Waals surface area contributed by atoms with Gasteiger partial charge in [-0.2, -0.15) is 0 Å². The maximum absolute atomic E-state index is 11.7. The van der Waals surface area contributed by atoms with Gasteiger partial charge in [-0.3, -0.25) is 9.59 Å². The molecule has 0 bridgehead atoms. The van der Waals surface area contributed by atoms with Crippen LogP contribution in [0.2, 0.25) is 0 Å². The predicted octanol–water partition coefficient (Wildman–Crippen LogP) is -1.39. The monoisotopic (exact) mass is 225 g/mol. The lowest BCUT2D eigenvalue weighted by Crippen LogP contribution is -2.32. The fraction of sp³-hybridized carbons (Fsp3) is 0.625. The number of amides is 1. The van der Waals surface area contributed by atoms with E-state index in [2.05, 4.69) is 15.5 Å². The number of hydrogen-bond donors (Lipinski definition) is 1. The number of carbonyl (C=O) groups is 2. The van der Waals surface area contributed by atoms with E-state index >= 15 is 0 Å². The predicted molar refractivity (Wildman–Crippen MR) is 50.1 cm³/mol. The minimum Gasteiger partial charge on any atom is -0.481 e. The maximum Gasteiger partial charge on any atom is 0.308 e. The molecule has 1 aliphatic heterocycles. The molecule has 16 heavy (non-hydrogen) atoms. The van der Waals surface area contributed by atoms with Crippen LogP contribution in [0.1, 0.15) is 6.42 Å². The molecular formula is C8H11N5O3. The summed E-state index contributed by atoms with van der Waals surface area (Å²) >= 11 is 0. The quantitative estimate of drug-likeness (QED) is 0.679. The van der Waals surface area contributed by atoms with Crippen molar-refractivity contribution < 1.29 is 14.7 Å². The Balaban J connectivity index is 1.90. The van der Waals surface area contributed by atoms with Crippen molar-refractivity contribution in [1.29, 1.82) is 0 Å². The summed E-state index contributed by atoms with van der Waals surface area (Å²) < 4.78 is 1.32. The number of aromatic nitrogens is 4. The van der Waals surface area contributed by atoms with Crippen molar-refractivity contribution in [3.63, 3.8) is 0 Å². The SMILES string of the molecule is O=C(O)C1CCN(C(=O)Cn2cnnn2)C1. The molecule has 1 amide bonds. The van der Waals surface area contributed by atoms with Crippen LogP contribution in [0.15, 0.2) is 6.33 Å². The van der Waals surface area contributed by atoms with Crippen LogP contribution in [0.4, 0.5) is 0 Å². The highest BCUT2D eigenvalue weighted by molar-refractivity contribution is 5.78. The molecule has 2 rings (SSSR count). The molecule has 1 saturated heterocycles. The van der Waals surface area contributed by atoms with E-state index in [4.69, 9.17) is 5.11 Å². The Hall–Kier alpha value is -1.99. The van der Waals surface area contributed by atoms with Crippen molar-refractivity contribution in [3.8, 4) is 0 Å². The third kappa shape index (κ3) is 2.15. The second kappa shape index (κ2) is 4.25. The molecule has 2 heterocycles. The van der Waals surface area contributed by atoms with E-state index in [0.717, 1.165) is 0 Å². The summed E-state index contributed by atoms with van der Waals surface area (Å²) in [5, 5.41) is 19.2. The number of aliphatic carboxylic acids is 1. The van der Waals surface area contributed by atoms with Crippen molar-refractivity contribution in [2.45, 2.75) is 13.0 Å². The van der Waals surface area contributed by atoms with Gasteiger partial charge >= 0.3 is 5.97 Å². The van der Waals surface area contributed by atoms with Gasteiger partial charge in [0.1, 0.15) is 12.9 Å². The first kappa shape index (κ1) is 10.5. The summed E-state index contributed by atoms with van der Waals surface area (Å²) in [6.45, 7) is 0.813. The van der Waals surface area contributed by atoms with Gasteiger partial charge in [-0.25, -0.2) is 4.68 Å². The first-order valence-corrected chi connectivity index (χ1v) is 4.88. The van der Waals surface area contributed by atoms with Crippen LogP contribution in [0.5, 0.6) is 0 Å². The van der Waals surface area contributed by atoms with Gasteiger partial charge in [0.05, 0.1) is 5.92 Å². The molecule has 0 aliphatic carbocycles. The maximum atomic E-state index is 11.7. The molecule has 1 aromatic rings. The molecule has 0 radical (unpaired) electrons. The minimum absolute atomic E-state index is 0.0549. The number of carboxylic acids is 1. The van der Waals surface area contributed by atoms with Gasteiger partial charge in [-0.15, -0.1) is 5.10 Å². The molecule has 1 unspecified atom stereocenters. The van der Waals surface area contributed by atoms with Gasteiger partial charge in [-0.1, -0.05) is 0 Å². The van der Waals surface area contributed by atoms with Crippen LogP contribution in [-0.4, -0.2) is 55.2 Å². The molecule has 8 nitrogen and oxygen atoms in total. The topological polar surface area (TPSA) is 101 Å². The molecule has 0 aromatic carbocycles. The number of carboxylic acid groups (broad SMARTS) is 1. The average molecular weight is 225 g/mol. The molecule has 1 aliphatic rings. The summed E-state index contributed by atoms with van der Waals surface area (Å²) in [5.74, 6) is -1.45. The van der Waals surface area contributed by atoms with Crippen molar-refractivity contribution in [2.75, 3.05) is 13.1 Å². The number of tetrazole rings is 1. The van der Waals surface area contributed by atoms with E-state index < -0.39 is 11.9 Å². The second-order valence-electron chi connectivity index (χ2n) is 3.67. The highest BCUT2D eigenvalue weighted by atomic mass is 16.4. The highest BCUT2D eigenvalue weighted by Crippen LogP contribution is 2.16. The zero-order chi connectivity index (χ0) is 11.5. The lowest BCUT2D eigenvalue weighted by atomic mass is 10.1. The second-order valence-corrected chi connectivity index (χ2v) is 3.67. The van der Waals surface area contributed by atoms with Crippen LogP contribution in [0, 0.1) is 5.92 Å². The van der Waals surface area contributed by atoms with E-state index in [9.17, 15) is 9.59 Å². The van der Waals surface area contributed by atoms with Gasteiger partial charge in [0, 0.05) is 13.1 Å². The van der Waals surface area contributed by atoms with Crippen LogP contribution >= 0.6 is 0 Å². The molecule has 86 valence electrons.